The van der Waals surface area contributed by atoms with E-state index in [9.17, 15) is 0 Å². The Morgan fingerprint density at radius 2 is 2.38 bits per heavy atom. The van der Waals surface area contributed by atoms with Crippen LogP contribution < -0.4 is 0 Å². The molecule has 0 N–H and O–H groups in total. The largest absolute Gasteiger partial charge is 0.311 e. The number of imidazole rings is 1. The van der Waals surface area contributed by atoms with Gasteiger partial charge in [0, 0.05) is 12.7 Å². The van der Waals surface area contributed by atoms with Gasteiger partial charge in [-0.15, -0.1) is 11.6 Å². The number of alkyl halides is 1. The minimum absolute atomic E-state index is 0.456. The Morgan fingerprint density at radius 1 is 1.56 bits per heavy atom. The van der Waals surface area contributed by atoms with E-state index in [0.29, 0.717) is 5.88 Å². The normalized spacial score (nSPS) is 23.9. The maximum atomic E-state index is 5.93. The van der Waals surface area contributed by atoms with Gasteiger partial charge >= 0.3 is 0 Å². The molecule has 1 fully saturated rings. The molecule has 0 radical (unpaired) electrons. The van der Waals surface area contributed by atoms with E-state index in [-0.39, 0.29) is 0 Å². The molecule has 0 spiro atoms. The summed E-state index contributed by atoms with van der Waals surface area (Å²) >= 11 is 5.93. The van der Waals surface area contributed by atoms with Crippen molar-refractivity contribution in [1.29, 1.82) is 0 Å². The lowest BCUT2D eigenvalue weighted by Gasteiger charge is -2.05. The fourth-order valence-corrected chi connectivity index (χ4v) is 2.39. The molecule has 16 heavy (non-hydrogen) atoms. The van der Waals surface area contributed by atoms with Crippen molar-refractivity contribution in [2.75, 3.05) is 0 Å². The first-order valence-electron chi connectivity index (χ1n) is 5.65. The van der Waals surface area contributed by atoms with Gasteiger partial charge in [0.15, 0.2) is 5.65 Å². The number of hydrogen-bond acceptors (Lipinski definition) is 2. The van der Waals surface area contributed by atoms with Crippen LogP contribution in [-0.2, 0) is 12.4 Å². The highest BCUT2D eigenvalue weighted by molar-refractivity contribution is 6.16. The molecule has 84 valence electrons. The van der Waals surface area contributed by atoms with Gasteiger partial charge in [-0.3, -0.25) is 0 Å². The first-order chi connectivity index (χ1) is 7.79. The lowest BCUT2D eigenvalue weighted by Crippen LogP contribution is -2.05. The third-order valence-electron chi connectivity index (χ3n) is 3.40. The molecule has 2 aromatic heterocycles. The molecule has 2 unspecified atom stereocenters. The highest BCUT2D eigenvalue weighted by Crippen LogP contribution is 2.39. The van der Waals surface area contributed by atoms with Crippen LogP contribution in [0.3, 0.4) is 0 Å². The lowest BCUT2D eigenvalue weighted by molar-refractivity contribution is 0.588. The predicted molar refractivity (Wildman–Crippen MR) is 64.4 cm³/mol. The van der Waals surface area contributed by atoms with Gasteiger partial charge in [-0.2, -0.15) is 0 Å². The maximum Gasteiger partial charge on any atom is 0.160 e. The van der Waals surface area contributed by atoms with Gasteiger partial charge in [0.05, 0.1) is 5.88 Å². The second-order valence-corrected chi connectivity index (χ2v) is 4.86. The topological polar surface area (TPSA) is 30.7 Å². The van der Waals surface area contributed by atoms with Gasteiger partial charge in [0.25, 0.3) is 0 Å². The summed E-state index contributed by atoms with van der Waals surface area (Å²) in [5.74, 6) is 3.01. The Labute approximate surface area is 99.5 Å². The van der Waals surface area contributed by atoms with E-state index in [1.165, 1.54) is 6.42 Å². The smallest absolute Gasteiger partial charge is 0.160 e. The Kier molecular flexibility index (Phi) is 2.36. The van der Waals surface area contributed by atoms with Gasteiger partial charge in [0.1, 0.15) is 11.3 Å². The standard InChI is InChI=1S/C12H14ClN3/c1-8-5-9(8)7-16-11(6-13)15-10-3-2-4-14-12(10)16/h2-4,8-9H,5-7H2,1H3. The van der Waals surface area contributed by atoms with E-state index in [1.807, 2.05) is 18.3 Å². The van der Waals surface area contributed by atoms with Crippen molar-refractivity contribution >= 4 is 22.8 Å². The third kappa shape index (κ3) is 1.59. The quantitative estimate of drug-likeness (QED) is 0.766. The van der Waals surface area contributed by atoms with E-state index in [0.717, 1.165) is 35.4 Å². The lowest BCUT2D eigenvalue weighted by atomic mass is 10.3. The SMILES string of the molecule is CC1CC1Cn1c(CCl)nc2cccnc21. The molecule has 3 rings (SSSR count). The zero-order valence-corrected chi connectivity index (χ0v) is 9.98. The number of nitrogens with zero attached hydrogens (tertiary/aromatic N) is 3. The van der Waals surface area contributed by atoms with Crippen LogP contribution in [0.2, 0.25) is 0 Å². The number of hydrogen-bond donors (Lipinski definition) is 0. The molecule has 1 aliphatic carbocycles. The Hall–Kier alpha value is -1.09. The van der Waals surface area contributed by atoms with E-state index < -0.39 is 0 Å². The number of rotatable bonds is 3. The van der Waals surface area contributed by atoms with E-state index in [4.69, 9.17) is 11.6 Å². The van der Waals surface area contributed by atoms with E-state index >= 15 is 0 Å². The summed E-state index contributed by atoms with van der Waals surface area (Å²) in [5.41, 5.74) is 1.92. The van der Waals surface area contributed by atoms with Crippen molar-refractivity contribution in [2.24, 2.45) is 11.8 Å². The first-order valence-corrected chi connectivity index (χ1v) is 6.19. The summed E-state index contributed by atoms with van der Waals surface area (Å²) in [6, 6.07) is 3.91. The monoisotopic (exact) mass is 235 g/mol. The van der Waals surface area contributed by atoms with Crippen LogP contribution in [0.25, 0.3) is 11.2 Å². The summed E-state index contributed by atoms with van der Waals surface area (Å²) < 4.78 is 2.18. The predicted octanol–water partition coefficient (Wildman–Crippen LogP) is 2.83. The molecule has 0 aliphatic heterocycles. The minimum Gasteiger partial charge on any atom is -0.311 e. The zero-order valence-electron chi connectivity index (χ0n) is 9.23. The molecule has 4 heteroatoms. The van der Waals surface area contributed by atoms with Crippen molar-refractivity contribution in [1.82, 2.24) is 14.5 Å². The Morgan fingerprint density at radius 3 is 3.06 bits per heavy atom. The van der Waals surface area contributed by atoms with E-state index in [1.54, 1.807) is 0 Å². The molecule has 0 amide bonds. The second kappa shape index (κ2) is 3.74. The number of aromatic nitrogens is 3. The van der Waals surface area contributed by atoms with Crippen molar-refractivity contribution < 1.29 is 0 Å². The number of pyridine rings is 1. The average Bonchev–Trinajstić information content (AvgIpc) is 2.88. The van der Waals surface area contributed by atoms with Crippen LogP contribution in [0.4, 0.5) is 0 Å². The average molecular weight is 236 g/mol. The maximum absolute atomic E-state index is 5.93. The van der Waals surface area contributed by atoms with Crippen LogP contribution in [-0.4, -0.2) is 14.5 Å². The van der Waals surface area contributed by atoms with E-state index in [2.05, 4.69) is 21.5 Å². The molecule has 0 aromatic carbocycles. The van der Waals surface area contributed by atoms with Crippen LogP contribution in [0, 0.1) is 11.8 Å². The van der Waals surface area contributed by atoms with Crippen molar-refractivity contribution in [2.45, 2.75) is 25.8 Å². The Bertz CT molecular complexity index is 520. The summed E-state index contributed by atoms with van der Waals surface area (Å²) in [5, 5.41) is 0. The van der Waals surface area contributed by atoms with Gasteiger partial charge in [-0.25, -0.2) is 9.97 Å². The van der Waals surface area contributed by atoms with Gasteiger partial charge < -0.3 is 4.57 Å². The summed E-state index contributed by atoms with van der Waals surface area (Å²) in [6.07, 6.45) is 3.13. The molecule has 3 nitrogen and oxygen atoms in total. The third-order valence-corrected chi connectivity index (χ3v) is 3.63. The van der Waals surface area contributed by atoms with Gasteiger partial charge in [-0.1, -0.05) is 6.92 Å². The zero-order chi connectivity index (χ0) is 11.1. The van der Waals surface area contributed by atoms with Crippen LogP contribution in [0.5, 0.6) is 0 Å². The summed E-state index contributed by atoms with van der Waals surface area (Å²) in [7, 11) is 0. The second-order valence-electron chi connectivity index (χ2n) is 4.59. The molecular formula is C12H14ClN3. The molecular weight excluding hydrogens is 222 g/mol. The van der Waals surface area contributed by atoms with Crippen LogP contribution in [0.1, 0.15) is 19.2 Å². The molecule has 0 bridgehead atoms. The molecule has 2 heterocycles. The molecule has 1 saturated carbocycles. The Balaban J connectivity index is 2.05. The molecule has 2 atom stereocenters. The van der Waals surface area contributed by atoms with Crippen molar-refractivity contribution in [3.8, 4) is 0 Å². The summed E-state index contributed by atoms with van der Waals surface area (Å²) in [4.78, 5) is 8.90. The van der Waals surface area contributed by atoms with Crippen LogP contribution in [0.15, 0.2) is 18.3 Å². The number of fused-ring (bicyclic) bond motifs is 1. The summed E-state index contributed by atoms with van der Waals surface area (Å²) in [6.45, 7) is 3.30. The fourth-order valence-electron chi connectivity index (χ4n) is 2.19. The van der Waals surface area contributed by atoms with Gasteiger partial charge in [-0.05, 0) is 30.4 Å². The molecule has 2 aromatic rings. The van der Waals surface area contributed by atoms with Gasteiger partial charge in [0.2, 0.25) is 0 Å². The number of halogens is 1. The molecule has 0 saturated heterocycles. The molecule has 1 aliphatic rings. The minimum atomic E-state index is 0.456. The van der Waals surface area contributed by atoms with Crippen molar-refractivity contribution in [3.63, 3.8) is 0 Å². The highest BCUT2D eigenvalue weighted by Gasteiger charge is 2.33. The van der Waals surface area contributed by atoms with Crippen LogP contribution >= 0.6 is 11.6 Å². The fraction of sp³-hybridized carbons (Fsp3) is 0.500. The first kappa shape index (κ1) is 10.1. The highest BCUT2D eigenvalue weighted by atomic mass is 35.5. The van der Waals surface area contributed by atoms with Crippen molar-refractivity contribution in [3.05, 3.63) is 24.2 Å².